The van der Waals surface area contributed by atoms with E-state index in [9.17, 15) is 0 Å². The van der Waals surface area contributed by atoms with E-state index in [1.165, 1.54) is 0 Å². The predicted octanol–water partition coefficient (Wildman–Crippen LogP) is 1.85. The number of nitrogens with one attached hydrogen (secondary N) is 2. The molecule has 0 aliphatic carbocycles. The first-order valence-electron chi connectivity index (χ1n) is 5.24. The molecule has 3 nitrogen and oxygen atoms in total. The van der Waals surface area contributed by atoms with Crippen LogP contribution < -0.4 is 16.4 Å². The van der Waals surface area contributed by atoms with Crippen LogP contribution in [0.15, 0.2) is 36.9 Å². The highest BCUT2D eigenvalue weighted by Gasteiger charge is 1.90. The smallest absolute Gasteiger partial charge is 0.0341 e. The number of nitrogen functional groups attached to an aromatic ring is 1. The predicted molar refractivity (Wildman–Crippen MR) is 67.0 cm³/mol. The van der Waals surface area contributed by atoms with Gasteiger partial charge in [-0.1, -0.05) is 6.08 Å². The van der Waals surface area contributed by atoms with Crippen LogP contribution in [0.25, 0.3) is 0 Å². The highest BCUT2D eigenvalue weighted by Crippen LogP contribution is 2.09. The number of hydrogen-bond donors (Lipinski definition) is 3. The minimum Gasteiger partial charge on any atom is -0.399 e. The van der Waals surface area contributed by atoms with Crippen molar-refractivity contribution in [2.75, 3.05) is 30.7 Å². The third kappa shape index (κ3) is 5.08. The van der Waals surface area contributed by atoms with E-state index in [1.54, 1.807) is 0 Å². The molecule has 0 saturated carbocycles. The van der Waals surface area contributed by atoms with Crippen molar-refractivity contribution in [3.05, 3.63) is 36.9 Å². The zero-order chi connectivity index (χ0) is 10.9. The van der Waals surface area contributed by atoms with Crippen LogP contribution in [0.3, 0.4) is 0 Å². The second kappa shape index (κ2) is 6.90. The number of rotatable bonds is 7. The van der Waals surface area contributed by atoms with E-state index in [0.717, 1.165) is 37.4 Å². The Kier molecular flexibility index (Phi) is 5.33. The fourth-order valence-electron chi connectivity index (χ4n) is 1.25. The molecule has 3 heteroatoms. The van der Waals surface area contributed by atoms with Gasteiger partial charge in [-0.15, -0.1) is 6.58 Å². The van der Waals surface area contributed by atoms with Crippen molar-refractivity contribution in [1.82, 2.24) is 5.32 Å². The van der Waals surface area contributed by atoms with E-state index in [1.807, 2.05) is 30.3 Å². The molecule has 0 bridgehead atoms. The van der Waals surface area contributed by atoms with Gasteiger partial charge in [0.05, 0.1) is 0 Å². The molecule has 0 spiro atoms. The molecule has 15 heavy (non-hydrogen) atoms. The summed E-state index contributed by atoms with van der Waals surface area (Å²) in [7, 11) is 0. The molecule has 0 saturated heterocycles. The Morgan fingerprint density at radius 3 is 2.60 bits per heavy atom. The highest BCUT2D eigenvalue weighted by molar-refractivity contribution is 5.51. The molecule has 0 fully saturated rings. The molecule has 1 aromatic rings. The van der Waals surface area contributed by atoms with Crippen LogP contribution in [-0.2, 0) is 0 Å². The molecular weight excluding hydrogens is 186 g/mol. The lowest BCUT2D eigenvalue weighted by Crippen LogP contribution is -2.17. The summed E-state index contributed by atoms with van der Waals surface area (Å²) in [6.45, 7) is 6.50. The van der Waals surface area contributed by atoms with Crippen molar-refractivity contribution in [1.29, 1.82) is 0 Å². The van der Waals surface area contributed by atoms with Gasteiger partial charge in [0.25, 0.3) is 0 Å². The number of hydrogen-bond acceptors (Lipinski definition) is 3. The summed E-state index contributed by atoms with van der Waals surface area (Å²) in [6, 6.07) is 7.79. The Balaban J connectivity index is 2.09. The molecule has 82 valence electrons. The fraction of sp³-hybridized carbons (Fsp3) is 0.333. The first-order valence-corrected chi connectivity index (χ1v) is 5.24. The lowest BCUT2D eigenvalue weighted by atomic mass is 10.3. The molecule has 0 unspecified atom stereocenters. The van der Waals surface area contributed by atoms with Gasteiger partial charge >= 0.3 is 0 Å². The summed E-state index contributed by atoms with van der Waals surface area (Å²) in [5, 5.41) is 6.58. The summed E-state index contributed by atoms with van der Waals surface area (Å²) in [5.74, 6) is 0. The second-order valence-corrected chi connectivity index (χ2v) is 3.40. The SMILES string of the molecule is C=CCNCCCNc1ccc(N)cc1. The largest absolute Gasteiger partial charge is 0.399 e. The summed E-state index contributed by atoms with van der Waals surface area (Å²) >= 11 is 0. The minimum atomic E-state index is 0.799. The van der Waals surface area contributed by atoms with Crippen molar-refractivity contribution in [3.8, 4) is 0 Å². The zero-order valence-electron chi connectivity index (χ0n) is 9.00. The maximum absolute atomic E-state index is 5.59. The average molecular weight is 205 g/mol. The Morgan fingerprint density at radius 2 is 1.93 bits per heavy atom. The standard InChI is InChI=1S/C12H19N3/c1-2-8-14-9-3-10-15-12-6-4-11(13)5-7-12/h2,4-7,14-15H,1,3,8-10,13H2. The highest BCUT2D eigenvalue weighted by atomic mass is 14.9. The van der Waals surface area contributed by atoms with Crippen molar-refractivity contribution < 1.29 is 0 Å². The van der Waals surface area contributed by atoms with E-state index < -0.39 is 0 Å². The first-order chi connectivity index (χ1) is 7.33. The summed E-state index contributed by atoms with van der Waals surface area (Å²) in [4.78, 5) is 0. The lowest BCUT2D eigenvalue weighted by Gasteiger charge is -2.06. The van der Waals surface area contributed by atoms with Crippen molar-refractivity contribution in [3.63, 3.8) is 0 Å². The summed E-state index contributed by atoms with van der Waals surface area (Å²) in [5.41, 5.74) is 7.51. The van der Waals surface area contributed by atoms with Gasteiger partial charge in [0.1, 0.15) is 0 Å². The molecule has 0 aliphatic heterocycles. The topological polar surface area (TPSA) is 50.1 Å². The minimum absolute atomic E-state index is 0.799. The maximum Gasteiger partial charge on any atom is 0.0341 e. The maximum atomic E-state index is 5.59. The lowest BCUT2D eigenvalue weighted by molar-refractivity contribution is 0.712. The van der Waals surface area contributed by atoms with Crippen molar-refractivity contribution in [2.45, 2.75) is 6.42 Å². The molecular formula is C12H19N3. The van der Waals surface area contributed by atoms with Crippen LogP contribution >= 0.6 is 0 Å². The van der Waals surface area contributed by atoms with Gasteiger partial charge in [0, 0.05) is 24.5 Å². The van der Waals surface area contributed by atoms with Gasteiger partial charge in [-0.2, -0.15) is 0 Å². The normalized spacial score (nSPS) is 9.87. The Bertz CT molecular complexity index is 279. The van der Waals surface area contributed by atoms with Crippen LogP contribution in [0.4, 0.5) is 11.4 Å². The quantitative estimate of drug-likeness (QED) is 0.362. The van der Waals surface area contributed by atoms with Crippen LogP contribution in [0.5, 0.6) is 0 Å². The monoisotopic (exact) mass is 205 g/mol. The van der Waals surface area contributed by atoms with E-state index in [4.69, 9.17) is 5.73 Å². The van der Waals surface area contributed by atoms with E-state index in [2.05, 4.69) is 17.2 Å². The van der Waals surface area contributed by atoms with Gasteiger partial charge in [0.2, 0.25) is 0 Å². The number of nitrogens with two attached hydrogens (primary N) is 1. The van der Waals surface area contributed by atoms with Crippen molar-refractivity contribution >= 4 is 11.4 Å². The molecule has 0 amide bonds. The number of anilines is 2. The number of benzene rings is 1. The van der Waals surface area contributed by atoms with Crippen molar-refractivity contribution in [2.24, 2.45) is 0 Å². The average Bonchev–Trinajstić information content (AvgIpc) is 2.26. The van der Waals surface area contributed by atoms with Gasteiger partial charge in [-0.3, -0.25) is 0 Å². The van der Waals surface area contributed by atoms with Crippen LogP contribution in [0, 0.1) is 0 Å². The second-order valence-electron chi connectivity index (χ2n) is 3.40. The molecule has 0 heterocycles. The molecule has 0 atom stereocenters. The summed E-state index contributed by atoms with van der Waals surface area (Å²) in [6.07, 6.45) is 2.96. The third-order valence-corrected chi connectivity index (χ3v) is 2.06. The summed E-state index contributed by atoms with van der Waals surface area (Å²) < 4.78 is 0. The fourth-order valence-corrected chi connectivity index (χ4v) is 1.25. The van der Waals surface area contributed by atoms with Gasteiger partial charge < -0.3 is 16.4 Å². The Labute approximate surface area is 91.4 Å². The molecule has 0 radical (unpaired) electrons. The van der Waals surface area contributed by atoms with Gasteiger partial charge in [0.15, 0.2) is 0 Å². The molecule has 1 aromatic carbocycles. The molecule has 0 aromatic heterocycles. The van der Waals surface area contributed by atoms with Gasteiger partial charge in [-0.05, 0) is 37.2 Å². The third-order valence-electron chi connectivity index (χ3n) is 2.06. The van der Waals surface area contributed by atoms with E-state index >= 15 is 0 Å². The van der Waals surface area contributed by atoms with Crippen LogP contribution in [0.2, 0.25) is 0 Å². The first kappa shape index (κ1) is 11.6. The van der Waals surface area contributed by atoms with Crippen LogP contribution in [0.1, 0.15) is 6.42 Å². The van der Waals surface area contributed by atoms with Gasteiger partial charge in [-0.25, -0.2) is 0 Å². The van der Waals surface area contributed by atoms with E-state index in [-0.39, 0.29) is 0 Å². The molecule has 0 aliphatic rings. The van der Waals surface area contributed by atoms with E-state index in [0.29, 0.717) is 0 Å². The molecule has 4 N–H and O–H groups in total. The Hall–Kier alpha value is -1.48. The van der Waals surface area contributed by atoms with Crippen LogP contribution in [-0.4, -0.2) is 19.6 Å². The Morgan fingerprint density at radius 1 is 1.20 bits per heavy atom. The zero-order valence-corrected chi connectivity index (χ0v) is 9.00. The molecule has 1 rings (SSSR count).